The van der Waals surface area contributed by atoms with E-state index in [1.165, 1.54) is 0 Å². The largest absolute Gasteiger partial charge is 0.391 e. The monoisotopic (exact) mass is 348 g/mol. The standard InChI is InChI=1S/C18H24N2O3S/c1-19-12-11-17(21)18-13-14-7-5-6-10-16(14)20(24(18,22)23)15-8-3-2-4-9-15/h2-10,17-19,21-23H,11-13H2,1H3/t17-,18+/m0/s1. The van der Waals surface area contributed by atoms with Crippen LogP contribution in [-0.4, -0.2) is 39.2 Å². The van der Waals surface area contributed by atoms with Crippen LogP contribution in [0.3, 0.4) is 0 Å². The number of aliphatic hydroxyl groups excluding tert-OH is 1. The van der Waals surface area contributed by atoms with E-state index in [2.05, 4.69) is 5.32 Å². The highest BCUT2D eigenvalue weighted by atomic mass is 32.3. The first kappa shape index (κ1) is 17.3. The summed E-state index contributed by atoms with van der Waals surface area (Å²) in [7, 11) is -1.39. The number of rotatable bonds is 5. The van der Waals surface area contributed by atoms with E-state index >= 15 is 0 Å². The predicted molar refractivity (Wildman–Crippen MR) is 99.9 cm³/mol. The fourth-order valence-corrected chi connectivity index (χ4v) is 5.30. The van der Waals surface area contributed by atoms with Gasteiger partial charge >= 0.3 is 0 Å². The van der Waals surface area contributed by atoms with E-state index in [9.17, 15) is 14.2 Å². The molecule has 0 bridgehead atoms. The van der Waals surface area contributed by atoms with E-state index in [1.54, 1.807) is 4.31 Å². The van der Waals surface area contributed by atoms with Crippen molar-refractivity contribution >= 4 is 22.2 Å². The Bertz CT molecular complexity index is 681. The normalized spacial score (nSPS) is 21.8. The SMILES string of the molecule is CNCC[C@H](O)[C@H]1Cc2ccccc2N(c2ccccc2)S1(O)O. The zero-order valence-electron chi connectivity index (χ0n) is 13.7. The number of benzene rings is 2. The zero-order valence-corrected chi connectivity index (χ0v) is 14.5. The fourth-order valence-electron chi connectivity index (χ4n) is 3.17. The second-order valence-electron chi connectivity index (χ2n) is 6.02. The summed E-state index contributed by atoms with van der Waals surface area (Å²) in [4.78, 5) is 0. The molecule has 2 aromatic carbocycles. The molecule has 24 heavy (non-hydrogen) atoms. The first-order valence-corrected chi connectivity index (χ1v) is 9.65. The molecule has 1 heterocycles. The highest BCUT2D eigenvalue weighted by Gasteiger charge is 2.42. The van der Waals surface area contributed by atoms with E-state index in [0.29, 0.717) is 19.4 Å². The third kappa shape index (κ3) is 3.16. The van der Waals surface area contributed by atoms with Gasteiger partial charge in [-0.3, -0.25) is 9.11 Å². The highest BCUT2D eigenvalue weighted by Crippen LogP contribution is 2.60. The number of nitrogens with zero attached hydrogens (tertiary/aromatic N) is 1. The molecule has 0 amide bonds. The van der Waals surface area contributed by atoms with Crippen LogP contribution in [0.5, 0.6) is 0 Å². The first-order chi connectivity index (χ1) is 11.6. The molecule has 2 atom stereocenters. The Kier molecular flexibility index (Phi) is 5.12. The van der Waals surface area contributed by atoms with Crippen LogP contribution in [0, 0.1) is 0 Å². The maximum absolute atomic E-state index is 11.0. The zero-order chi connectivity index (χ0) is 17.2. The van der Waals surface area contributed by atoms with Gasteiger partial charge in [0.25, 0.3) is 0 Å². The minimum atomic E-state index is -3.20. The van der Waals surface area contributed by atoms with Crippen LogP contribution < -0.4 is 9.62 Å². The first-order valence-electron chi connectivity index (χ1n) is 8.08. The molecule has 4 N–H and O–H groups in total. The van der Waals surface area contributed by atoms with Gasteiger partial charge in [0.1, 0.15) is 0 Å². The minimum absolute atomic E-state index is 0.451. The Hall–Kier alpha value is -1.57. The van der Waals surface area contributed by atoms with Gasteiger partial charge in [0.05, 0.1) is 22.7 Å². The average Bonchev–Trinajstić information content (AvgIpc) is 2.59. The Balaban J connectivity index is 2.05. The summed E-state index contributed by atoms with van der Waals surface area (Å²) in [5.74, 6) is 0. The van der Waals surface area contributed by atoms with E-state index < -0.39 is 22.1 Å². The van der Waals surface area contributed by atoms with Gasteiger partial charge in [-0.05, 0) is 50.2 Å². The topological polar surface area (TPSA) is 76.0 Å². The summed E-state index contributed by atoms with van der Waals surface area (Å²) >= 11 is 0. The number of aliphatic hydroxyl groups is 1. The molecule has 0 fully saturated rings. The Morgan fingerprint density at radius 2 is 1.79 bits per heavy atom. The molecule has 1 aliphatic heterocycles. The van der Waals surface area contributed by atoms with E-state index in [-0.39, 0.29) is 0 Å². The summed E-state index contributed by atoms with van der Waals surface area (Å²) in [5, 5.41) is 12.9. The Labute approximate surface area is 144 Å². The average molecular weight is 348 g/mol. The second-order valence-corrected chi connectivity index (χ2v) is 8.11. The molecule has 0 saturated carbocycles. The number of para-hydroxylation sites is 2. The van der Waals surface area contributed by atoms with Gasteiger partial charge in [0.15, 0.2) is 0 Å². The van der Waals surface area contributed by atoms with Crippen LogP contribution in [0.25, 0.3) is 0 Å². The van der Waals surface area contributed by atoms with E-state index in [0.717, 1.165) is 16.9 Å². The second kappa shape index (κ2) is 7.13. The molecule has 0 aromatic heterocycles. The van der Waals surface area contributed by atoms with Gasteiger partial charge in [0.2, 0.25) is 0 Å². The molecule has 3 rings (SSSR count). The van der Waals surface area contributed by atoms with Crippen molar-refractivity contribution < 1.29 is 14.2 Å². The van der Waals surface area contributed by atoms with Crippen LogP contribution in [-0.2, 0) is 6.42 Å². The molecule has 0 spiro atoms. The Morgan fingerprint density at radius 1 is 1.12 bits per heavy atom. The molecular weight excluding hydrogens is 324 g/mol. The molecule has 6 heteroatoms. The van der Waals surface area contributed by atoms with Crippen molar-refractivity contribution in [1.29, 1.82) is 0 Å². The van der Waals surface area contributed by atoms with Gasteiger partial charge in [-0.15, -0.1) is 10.8 Å². The van der Waals surface area contributed by atoms with Gasteiger partial charge in [-0.2, -0.15) is 0 Å². The molecular formula is C18H24N2O3S. The van der Waals surface area contributed by atoms with Gasteiger partial charge in [-0.1, -0.05) is 36.4 Å². The summed E-state index contributed by atoms with van der Waals surface area (Å²) in [5.41, 5.74) is 2.53. The molecule has 0 unspecified atom stereocenters. The van der Waals surface area contributed by atoms with Crippen LogP contribution >= 0.6 is 10.8 Å². The molecule has 130 valence electrons. The molecule has 1 aliphatic rings. The van der Waals surface area contributed by atoms with Crippen molar-refractivity contribution in [1.82, 2.24) is 5.32 Å². The summed E-state index contributed by atoms with van der Waals surface area (Å²) in [6.07, 6.45) is 0.135. The van der Waals surface area contributed by atoms with Crippen LogP contribution in [0.2, 0.25) is 0 Å². The lowest BCUT2D eigenvalue weighted by Crippen LogP contribution is -2.44. The highest BCUT2D eigenvalue weighted by molar-refractivity contribution is 8.26. The number of anilines is 2. The maximum Gasteiger partial charge on any atom is 0.0992 e. The van der Waals surface area contributed by atoms with Crippen molar-refractivity contribution in [3.63, 3.8) is 0 Å². The number of fused-ring (bicyclic) bond motifs is 1. The smallest absolute Gasteiger partial charge is 0.0992 e. The minimum Gasteiger partial charge on any atom is -0.391 e. The lowest BCUT2D eigenvalue weighted by atomic mass is 10.0. The number of hydrogen-bond donors (Lipinski definition) is 4. The number of hydrogen-bond acceptors (Lipinski definition) is 5. The quantitative estimate of drug-likeness (QED) is 0.666. The fraction of sp³-hybridized carbons (Fsp3) is 0.333. The van der Waals surface area contributed by atoms with Crippen molar-refractivity contribution in [2.45, 2.75) is 24.2 Å². The van der Waals surface area contributed by atoms with E-state index in [4.69, 9.17) is 0 Å². The van der Waals surface area contributed by atoms with Crippen molar-refractivity contribution in [3.8, 4) is 0 Å². The van der Waals surface area contributed by atoms with Crippen molar-refractivity contribution in [2.75, 3.05) is 17.9 Å². The third-order valence-electron chi connectivity index (χ3n) is 4.42. The third-order valence-corrected chi connectivity index (χ3v) is 6.65. The molecule has 2 aromatic rings. The summed E-state index contributed by atoms with van der Waals surface area (Å²) < 4.78 is 23.7. The summed E-state index contributed by atoms with van der Waals surface area (Å²) in [6.45, 7) is 0.625. The van der Waals surface area contributed by atoms with Crippen molar-refractivity contribution in [2.24, 2.45) is 0 Å². The lowest BCUT2D eigenvalue weighted by molar-refractivity contribution is 0.153. The molecule has 0 aliphatic carbocycles. The molecule has 0 radical (unpaired) electrons. The molecule has 0 saturated heterocycles. The predicted octanol–water partition coefficient (Wildman–Crippen LogP) is 3.39. The maximum atomic E-state index is 11.0. The van der Waals surface area contributed by atoms with Gasteiger partial charge in [0, 0.05) is 0 Å². The van der Waals surface area contributed by atoms with Gasteiger partial charge < -0.3 is 10.4 Å². The molecule has 5 nitrogen and oxygen atoms in total. The number of nitrogens with one attached hydrogen (secondary N) is 1. The van der Waals surface area contributed by atoms with Crippen molar-refractivity contribution in [3.05, 3.63) is 60.2 Å². The summed E-state index contributed by atoms with van der Waals surface area (Å²) in [6, 6.07) is 17.1. The van der Waals surface area contributed by atoms with Gasteiger partial charge in [-0.25, -0.2) is 4.31 Å². The van der Waals surface area contributed by atoms with Crippen LogP contribution in [0.1, 0.15) is 12.0 Å². The Morgan fingerprint density at radius 3 is 2.50 bits per heavy atom. The van der Waals surface area contributed by atoms with Crippen LogP contribution in [0.15, 0.2) is 54.6 Å². The lowest BCUT2D eigenvalue weighted by Gasteiger charge is -2.54. The van der Waals surface area contributed by atoms with E-state index in [1.807, 2.05) is 61.6 Å². The van der Waals surface area contributed by atoms with Crippen LogP contribution in [0.4, 0.5) is 11.4 Å².